The molecule has 1 unspecified atom stereocenters. The quantitative estimate of drug-likeness (QED) is 0.481. The van der Waals surface area contributed by atoms with E-state index in [4.69, 9.17) is 14.3 Å². The molecule has 33 heavy (non-hydrogen) atoms. The van der Waals surface area contributed by atoms with Gasteiger partial charge in [0.05, 0.1) is 17.9 Å². The number of rotatable bonds is 8. The summed E-state index contributed by atoms with van der Waals surface area (Å²) in [6, 6.07) is 10.9. The summed E-state index contributed by atoms with van der Waals surface area (Å²) in [5.41, 5.74) is 2.02. The molecule has 9 heteroatoms. The molecule has 3 heterocycles. The number of ether oxygens (including phenoxy) is 2. The van der Waals surface area contributed by atoms with Gasteiger partial charge in [0.25, 0.3) is 0 Å². The van der Waals surface area contributed by atoms with Gasteiger partial charge in [0.1, 0.15) is 18.1 Å². The molecule has 4 rings (SSSR count). The monoisotopic (exact) mass is 454 g/mol. The summed E-state index contributed by atoms with van der Waals surface area (Å²) in [5, 5.41) is 13.6. The first-order valence-corrected chi connectivity index (χ1v) is 11.3. The highest BCUT2D eigenvalue weighted by atomic mass is 16.8. The maximum atomic E-state index is 11.4. The van der Waals surface area contributed by atoms with Gasteiger partial charge in [0.2, 0.25) is 6.29 Å². The highest BCUT2D eigenvalue weighted by Crippen LogP contribution is 2.23. The highest BCUT2D eigenvalue weighted by molar-refractivity contribution is 6.01. The first-order valence-electron chi connectivity index (χ1n) is 11.3. The zero-order valence-electron chi connectivity index (χ0n) is 18.9. The van der Waals surface area contributed by atoms with Crippen LogP contribution in [0, 0.1) is 0 Å². The number of hydrogen-bond acceptors (Lipinski definition) is 8. The third-order valence-electron chi connectivity index (χ3n) is 5.78. The number of nitrogens with zero attached hydrogens (tertiary/aromatic N) is 4. The van der Waals surface area contributed by atoms with Crippen LogP contribution >= 0.6 is 0 Å². The summed E-state index contributed by atoms with van der Waals surface area (Å²) in [7, 11) is 2.13. The molecule has 0 radical (unpaired) electrons. The van der Waals surface area contributed by atoms with E-state index in [9.17, 15) is 9.90 Å². The van der Waals surface area contributed by atoms with Crippen molar-refractivity contribution in [1.82, 2.24) is 9.88 Å². The number of anilines is 1. The van der Waals surface area contributed by atoms with Crippen LogP contribution in [0.25, 0.3) is 0 Å². The second-order valence-electron chi connectivity index (χ2n) is 8.25. The topological polar surface area (TPSA) is 96.7 Å². The molecule has 2 saturated heterocycles. The van der Waals surface area contributed by atoms with Crippen LogP contribution in [0.2, 0.25) is 0 Å². The molecule has 0 spiro atoms. The number of pyridine rings is 1. The minimum Gasteiger partial charge on any atom is -0.487 e. The number of carboxylic acid groups (broad SMARTS) is 1. The Morgan fingerprint density at radius 2 is 2.06 bits per heavy atom. The summed E-state index contributed by atoms with van der Waals surface area (Å²) >= 11 is 0. The molecule has 1 atom stereocenters. The third kappa shape index (κ3) is 6.43. The normalized spacial score (nSPS) is 19.8. The largest absolute Gasteiger partial charge is 0.487 e. The molecule has 0 saturated carbocycles. The second-order valence-corrected chi connectivity index (χ2v) is 8.25. The molecule has 1 aromatic carbocycles. The van der Waals surface area contributed by atoms with E-state index in [0.29, 0.717) is 23.8 Å². The van der Waals surface area contributed by atoms with Crippen LogP contribution in [-0.4, -0.2) is 79.4 Å². The Hall–Kier alpha value is -3.17. The number of hydrogen-bond donors (Lipinski definition) is 1. The minimum atomic E-state index is -1.03. The molecule has 2 aliphatic heterocycles. The predicted octanol–water partition coefficient (Wildman–Crippen LogP) is 2.86. The molecular formula is C24H30N4O5. The van der Waals surface area contributed by atoms with E-state index in [1.165, 1.54) is 18.3 Å². The Morgan fingerprint density at radius 3 is 2.82 bits per heavy atom. The number of aromatic carboxylic acids is 1. The van der Waals surface area contributed by atoms with Gasteiger partial charge >= 0.3 is 5.97 Å². The fraction of sp³-hybridized carbons (Fsp3) is 0.458. The summed E-state index contributed by atoms with van der Waals surface area (Å²) < 4.78 is 11.6. The number of oxime groups is 1. The molecular weight excluding hydrogens is 424 g/mol. The van der Waals surface area contributed by atoms with Crippen molar-refractivity contribution < 1.29 is 24.2 Å². The van der Waals surface area contributed by atoms with E-state index in [-0.39, 0.29) is 12.2 Å². The molecule has 2 aliphatic rings. The lowest BCUT2D eigenvalue weighted by Crippen LogP contribution is -2.44. The first kappa shape index (κ1) is 23.0. The van der Waals surface area contributed by atoms with Crippen LogP contribution in [0.5, 0.6) is 5.75 Å². The predicted molar refractivity (Wildman–Crippen MR) is 124 cm³/mol. The van der Waals surface area contributed by atoms with Gasteiger partial charge in [-0.15, -0.1) is 0 Å². The van der Waals surface area contributed by atoms with Gasteiger partial charge in [0, 0.05) is 50.6 Å². The lowest BCUT2D eigenvalue weighted by Gasteiger charge is -2.34. The van der Waals surface area contributed by atoms with E-state index in [2.05, 4.69) is 33.1 Å². The zero-order valence-corrected chi connectivity index (χ0v) is 18.9. The van der Waals surface area contributed by atoms with Crippen molar-refractivity contribution in [3.05, 3.63) is 53.9 Å². The summed E-state index contributed by atoms with van der Waals surface area (Å²) in [6.07, 6.45) is 3.80. The van der Waals surface area contributed by atoms with Crippen LogP contribution in [0.1, 0.15) is 35.3 Å². The smallest absolute Gasteiger partial charge is 0.335 e. The Balaban J connectivity index is 1.48. The van der Waals surface area contributed by atoms with Gasteiger partial charge in [-0.3, -0.25) is 4.98 Å². The molecule has 176 valence electrons. The number of carboxylic acids is 1. The van der Waals surface area contributed by atoms with Crippen LogP contribution in [0.4, 0.5) is 5.69 Å². The van der Waals surface area contributed by atoms with Gasteiger partial charge in [0.15, 0.2) is 0 Å². The van der Waals surface area contributed by atoms with E-state index < -0.39 is 12.3 Å². The molecule has 0 amide bonds. The average Bonchev–Trinajstić information content (AvgIpc) is 2.85. The standard InChI is InChI=1S/C24H30N4O5/c1-27-10-12-28(13-11-27)19-5-4-6-20(16-19)32-17-22(26-33-23-7-2-3-14-31-23)21-15-18(24(29)30)8-9-25-21/h4-6,8-9,15-16,23H,2-3,7,10-14,17H2,1H3,(H,29,30)/b26-22+. The van der Waals surface area contributed by atoms with Gasteiger partial charge in [-0.1, -0.05) is 11.2 Å². The first-order chi connectivity index (χ1) is 16.1. The molecule has 0 aliphatic carbocycles. The third-order valence-corrected chi connectivity index (χ3v) is 5.78. The molecule has 2 fully saturated rings. The lowest BCUT2D eigenvalue weighted by molar-refractivity contribution is -0.162. The maximum absolute atomic E-state index is 11.4. The van der Waals surface area contributed by atoms with Crippen LogP contribution in [-0.2, 0) is 9.57 Å². The van der Waals surface area contributed by atoms with Crippen molar-refractivity contribution in [1.29, 1.82) is 0 Å². The van der Waals surface area contributed by atoms with Crippen molar-refractivity contribution in [3.63, 3.8) is 0 Å². The molecule has 2 aromatic rings. The van der Waals surface area contributed by atoms with Gasteiger partial charge < -0.3 is 29.2 Å². The summed E-state index contributed by atoms with van der Waals surface area (Å²) in [4.78, 5) is 26.0. The minimum absolute atomic E-state index is 0.0784. The van der Waals surface area contributed by atoms with Gasteiger partial charge in [-0.25, -0.2) is 4.79 Å². The number of benzene rings is 1. The zero-order chi connectivity index (χ0) is 23.0. The van der Waals surface area contributed by atoms with Crippen molar-refractivity contribution >= 4 is 17.4 Å². The summed E-state index contributed by atoms with van der Waals surface area (Å²) in [5.74, 6) is -0.335. The lowest BCUT2D eigenvalue weighted by atomic mass is 10.2. The Bertz CT molecular complexity index is 969. The molecule has 9 nitrogen and oxygen atoms in total. The number of piperazine rings is 1. The molecule has 0 bridgehead atoms. The Labute approximate surface area is 193 Å². The fourth-order valence-electron chi connectivity index (χ4n) is 3.77. The molecule has 1 aromatic heterocycles. The SMILES string of the molecule is CN1CCN(c2cccc(OC/C(=N\OC3CCCCO3)c3cc(C(=O)O)ccn3)c2)CC1. The highest BCUT2D eigenvalue weighted by Gasteiger charge is 2.18. The van der Waals surface area contributed by atoms with Crippen molar-refractivity contribution in [2.75, 3.05) is 51.3 Å². The fourth-order valence-corrected chi connectivity index (χ4v) is 3.77. The number of carbonyl (C=O) groups is 1. The van der Waals surface area contributed by atoms with Crippen LogP contribution in [0.15, 0.2) is 47.8 Å². The van der Waals surface area contributed by atoms with Gasteiger partial charge in [-0.05, 0) is 44.2 Å². The van der Waals surface area contributed by atoms with Crippen molar-refractivity contribution in [2.24, 2.45) is 5.16 Å². The number of aromatic nitrogens is 1. The van der Waals surface area contributed by atoms with E-state index in [0.717, 1.165) is 51.1 Å². The van der Waals surface area contributed by atoms with Crippen LogP contribution in [0.3, 0.4) is 0 Å². The Kier molecular flexibility index (Phi) is 7.74. The van der Waals surface area contributed by atoms with Crippen molar-refractivity contribution in [3.8, 4) is 5.75 Å². The van der Waals surface area contributed by atoms with E-state index >= 15 is 0 Å². The van der Waals surface area contributed by atoms with Crippen LogP contribution < -0.4 is 9.64 Å². The maximum Gasteiger partial charge on any atom is 0.335 e. The van der Waals surface area contributed by atoms with Gasteiger partial charge in [-0.2, -0.15) is 0 Å². The van der Waals surface area contributed by atoms with Crippen molar-refractivity contribution in [2.45, 2.75) is 25.6 Å². The summed E-state index contributed by atoms with van der Waals surface area (Å²) in [6.45, 7) is 4.69. The average molecular weight is 455 g/mol. The number of likely N-dealkylation sites (N-methyl/N-ethyl adjacent to an activating group) is 1. The van der Waals surface area contributed by atoms with E-state index in [1.807, 2.05) is 18.2 Å². The molecule has 1 N–H and O–H groups in total. The van der Waals surface area contributed by atoms with E-state index in [1.54, 1.807) is 0 Å². The second kappa shape index (κ2) is 11.1. The Morgan fingerprint density at radius 1 is 1.21 bits per heavy atom.